The molecular weight excluding hydrogens is 478 g/mol. The van der Waals surface area contributed by atoms with Crippen molar-refractivity contribution in [2.24, 2.45) is 5.10 Å². The van der Waals surface area contributed by atoms with Gasteiger partial charge in [-0.15, -0.1) is 0 Å². The molecule has 1 amide bonds. The number of ether oxygens (including phenoxy) is 2. The van der Waals surface area contributed by atoms with E-state index >= 15 is 0 Å². The van der Waals surface area contributed by atoms with E-state index in [0.717, 1.165) is 5.56 Å². The highest BCUT2D eigenvalue weighted by atomic mass is 79.9. The molecule has 0 fully saturated rings. The number of nitro groups is 1. The molecule has 0 radical (unpaired) electrons. The Balaban J connectivity index is 1.66. The second-order valence-corrected chi connectivity index (χ2v) is 7.67. The van der Waals surface area contributed by atoms with Crippen molar-refractivity contribution in [3.63, 3.8) is 0 Å². The first kappa shape index (κ1) is 23.0. The van der Waals surface area contributed by atoms with Gasteiger partial charge in [-0.2, -0.15) is 5.10 Å². The Kier molecular flexibility index (Phi) is 7.56. The summed E-state index contributed by atoms with van der Waals surface area (Å²) in [5.74, 6) is 0.579. The van der Waals surface area contributed by atoms with Crippen LogP contribution in [0.4, 0.5) is 5.69 Å². The van der Waals surface area contributed by atoms with Gasteiger partial charge in [-0.25, -0.2) is 5.43 Å². The summed E-state index contributed by atoms with van der Waals surface area (Å²) >= 11 is 3.49. The first-order valence-corrected chi connectivity index (χ1v) is 10.3. The van der Waals surface area contributed by atoms with Crippen molar-refractivity contribution in [3.8, 4) is 11.5 Å². The smallest absolute Gasteiger partial charge is 0.271 e. The molecule has 8 nitrogen and oxygen atoms in total. The lowest BCUT2D eigenvalue weighted by Gasteiger charge is -2.13. The molecule has 0 aliphatic heterocycles. The first-order valence-electron chi connectivity index (χ1n) is 9.51. The van der Waals surface area contributed by atoms with Crippen LogP contribution in [0.5, 0.6) is 11.5 Å². The molecule has 0 unspecified atom stereocenters. The van der Waals surface area contributed by atoms with Crippen LogP contribution in [0.25, 0.3) is 0 Å². The number of nitrogens with one attached hydrogen (secondary N) is 1. The van der Waals surface area contributed by atoms with Crippen molar-refractivity contribution in [2.75, 3.05) is 7.11 Å². The largest absolute Gasteiger partial charge is 0.493 e. The van der Waals surface area contributed by atoms with Crippen molar-refractivity contribution in [1.29, 1.82) is 0 Å². The monoisotopic (exact) mass is 497 g/mol. The van der Waals surface area contributed by atoms with E-state index in [1.165, 1.54) is 43.2 Å². The normalized spacial score (nSPS) is 10.7. The summed E-state index contributed by atoms with van der Waals surface area (Å²) in [6, 6.07) is 16.8. The molecule has 0 aromatic heterocycles. The number of methoxy groups -OCH3 is 1. The number of benzene rings is 3. The second-order valence-electron chi connectivity index (χ2n) is 6.81. The summed E-state index contributed by atoms with van der Waals surface area (Å²) in [6.45, 7) is 2.41. The Morgan fingerprint density at radius 3 is 2.47 bits per heavy atom. The number of non-ortho nitro benzene ring substituents is 1. The number of hydrazone groups is 1. The maximum atomic E-state index is 12.2. The van der Waals surface area contributed by atoms with Crippen LogP contribution >= 0.6 is 15.9 Å². The topological polar surface area (TPSA) is 103 Å². The van der Waals surface area contributed by atoms with E-state index < -0.39 is 10.8 Å². The molecule has 0 heterocycles. The summed E-state index contributed by atoms with van der Waals surface area (Å²) < 4.78 is 12.0. The number of nitro benzene ring substituents is 1. The zero-order chi connectivity index (χ0) is 23.1. The molecule has 0 aliphatic carbocycles. The fraction of sp³-hybridized carbons (Fsp3) is 0.130. The van der Waals surface area contributed by atoms with Gasteiger partial charge in [0.1, 0.15) is 6.61 Å². The molecule has 9 heteroatoms. The average Bonchev–Trinajstić information content (AvgIpc) is 2.79. The van der Waals surface area contributed by atoms with E-state index in [9.17, 15) is 14.9 Å². The third-order valence-corrected chi connectivity index (χ3v) is 5.06. The predicted octanol–water partition coefficient (Wildman–Crippen LogP) is 5.02. The van der Waals surface area contributed by atoms with Crippen molar-refractivity contribution in [1.82, 2.24) is 5.43 Å². The summed E-state index contributed by atoms with van der Waals surface area (Å²) in [5.41, 5.74) is 5.43. The second kappa shape index (κ2) is 10.5. The minimum Gasteiger partial charge on any atom is -0.493 e. The third-order valence-electron chi connectivity index (χ3n) is 4.48. The fourth-order valence-electron chi connectivity index (χ4n) is 2.76. The Hall–Kier alpha value is -3.72. The Morgan fingerprint density at radius 1 is 1.16 bits per heavy atom. The molecule has 3 rings (SSSR count). The molecule has 0 spiro atoms. The number of carbonyl (C=O) groups is 1. The van der Waals surface area contributed by atoms with Crippen LogP contribution in [-0.2, 0) is 6.61 Å². The van der Waals surface area contributed by atoms with Crippen molar-refractivity contribution < 1.29 is 19.2 Å². The number of amides is 1. The van der Waals surface area contributed by atoms with E-state index in [-0.39, 0.29) is 11.3 Å². The van der Waals surface area contributed by atoms with Gasteiger partial charge >= 0.3 is 0 Å². The first-order chi connectivity index (χ1) is 15.4. The average molecular weight is 498 g/mol. The van der Waals surface area contributed by atoms with Gasteiger partial charge in [0, 0.05) is 17.7 Å². The van der Waals surface area contributed by atoms with Crippen LogP contribution in [0.3, 0.4) is 0 Å². The molecule has 164 valence electrons. The minimum atomic E-state index is -0.529. The van der Waals surface area contributed by atoms with Gasteiger partial charge in [0.25, 0.3) is 11.6 Å². The van der Waals surface area contributed by atoms with E-state index in [1.54, 1.807) is 12.1 Å². The minimum absolute atomic E-state index is 0.0910. The lowest BCUT2D eigenvalue weighted by Crippen LogP contribution is -2.17. The molecule has 0 saturated heterocycles. The molecule has 0 bridgehead atoms. The molecule has 3 aromatic carbocycles. The number of rotatable bonds is 8. The SMILES string of the molecule is COc1cc(/C=N\NC(=O)c2ccc([N+](=O)[O-])cc2)cc(Br)c1OCc1ccc(C)cc1. The van der Waals surface area contributed by atoms with Crippen LogP contribution in [0, 0.1) is 17.0 Å². The highest BCUT2D eigenvalue weighted by Crippen LogP contribution is 2.36. The van der Waals surface area contributed by atoms with Gasteiger partial charge in [-0.3, -0.25) is 14.9 Å². The molecular formula is C23H20BrN3O5. The van der Waals surface area contributed by atoms with Crippen molar-refractivity contribution in [3.05, 3.63) is 97.5 Å². The van der Waals surface area contributed by atoms with E-state index in [2.05, 4.69) is 26.5 Å². The van der Waals surface area contributed by atoms with Gasteiger partial charge in [-0.05, 0) is 58.2 Å². The van der Waals surface area contributed by atoms with Crippen LogP contribution in [0.15, 0.2) is 70.2 Å². The Bertz CT molecular complexity index is 1150. The van der Waals surface area contributed by atoms with Crippen LogP contribution < -0.4 is 14.9 Å². The lowest BCUT2D eigenvalue weighted by molar-refractivity contribution is -0.384. The number of hydrogen-bond acceptors (Lipinski definition) is 6. The molecule has 0 saturated carbocycles. The van der Waals surface area contributed by atoms with Gasteiger partial charge in [0.15, 0.2) is 11.5 Å². The molecule has 32 heavy (non-hydrogen) atoms. The van der Waals surface area contributed by atoms with E-state index in [1.807, 2.05) is 31.2 Å². The van der Waals surface area contributed by atoms with Crippen LogP contribution in [-0.4, -0.2) is 24.2 Å². The summed E-state index contributed by atoms with van der Waals surface area (Å²) in [7, 11) is 1.54. The quantitative estimate of drug-likeness (QED) is 0.267. The van der Waals surface area contributed by atoms with E-state index in [0.29, 0.717) is 28.1 Å². The number of halogens is 1. The van der Waals surface area contributed by atoms with E-state index in [4.69, 9.17) is 9.47 Å². The van der Waals surface area contributed by atoms with Gasteiger partial charge in [0.05, 0.1) is 22.7 Å². The zero-order valence-electron chi connectivity index (χ0n) is 17.4. The van der Waals surface area contributed by atoms with Crippen LogP contribution in [0.1, 0.15) is 27.0 Å². The van der Waals surface area contributed by atoms with Crippen molar-refractivity contribution >= 4 is 33.7 Å². The number of carbonyl (C=O) groups excluding carboxylic acids is 1. The number of nitrogens with zero attached hydrogens (tertiary/aromatic N) is 2. The summed E-state index contributed by atoms with van der Waals surface area (Å²) in [6.07, 6.45) is 1.46. The maximum Gasteiger partial charge on any atom is 0.271 e. The fourth-order valence-corrected chi connectivity index (χ4v) is 3.33. The summed E-state index contributed by atoms with van der Waals surface area (Å²) in [5, 5.41) is 14.6. The zero-order valence-corrected chi connectivity index (χ0v) is 19.0. The molecule has 1 N–H and O–H groups in total. The molecule has 0 atom stereocenters. The molecule has 0 aliphatic rings. The number of hydrogen-bond donors (Lipinski definition) is 1. The Labute approximate surface area is 193 Å². The van der Waals surface area contributed by atoms with Crippen LogP contribution in [0.2, 0.25) is 0 Å². The van der Waals surface area contributed by atoms with Gasteiger partial charge in [-0.1, -0.05) is 29.8 Å². The van der Waals surface area contributed by atoms with Gasteiger partial charge < -0.3 is 9.47 Å². The predicted molar refractivity (Wildman–Crippen MR) is 124 cm³/mol. The summed E-state index contributed by atoms with van der Waals surface area (Å²) in [4.78, 5) is 22.3. The molecule has 3 aromatic rings. The van der Waals surface area contributed by atoms with Gasteiger partial charge in [0.2, 0.25) is 0 Å². The lowest BCUT2D eigenvalue weighted by atomic mass is 10.2. The number of aryl methyl sites for hydroxylation is 1. The Morgan fingerprint density at radius 2 is 1.84 bits per heavy atom. The maximum absolute atomic E-state index is 12.2. The van der Waals surface area contributed by atoms with Crippen molar-refractivity contribution in [2.45, 2.75) is 13.5 Å². The highest BCUT2D eigenvalue weighted by molar-refractivity contribution is 9.10. The standard InChI is InChI=1S/C23H20BrN3O5/c1-15-3-5-16(6-4-15)14-32-22-20(24)11-17(12-21(22)31-2)13-25-26-23(28)18-7-9-19(10-8-18)27(29)30/h3-13H,14H2,1-2H3,(H,26,28)/b25-13-. The third kappa shape index (κ3) is 5.92. The highest BCUT2D eigenvalue weighted by Gasteiger charge is 2.12.